The third-order valence-corrected chi connectivity index (χ3v) is 2.78. The number of hydrogen-bond donors (Lipinski definition) is 1. The van der Waals surface area contributed by atoms with Crippen LogP contribution in [0, 0.1) is 27.7 Å². The number of aryl methyl sites for hydroxylation is 3. The number of nitrogens with zero attached hydrogens (tertiary/aromatic N) is 1. The molecule has 0 spiro atoms. The first-order chi connectivity index (χ1) is 7.00. The van der Waals surface area contributed by atoms with Crippen molar-refractivity contribution in [1.82, 2.24) is 9.97 Å². The summed E-state index contributed by atoms with van der Waals surface area (Å²) in [5, 5.41) is 0.712. The number of aromatic amines is 1. The van der Waals surface area contributed by atoms with Gasteiger partial charge in [0.15, 0.2) is 5.43 Å². The van der Waals surface area contributed by atoms with E-state index in [1.54, 1.807) is 0 Å². The summed E-state index contributed by atoms with van der Waals surface area (Å²) in [6.45, 7) is 7.61. The van der Waals surface area contributed by atoms with Crippen LogP contribution in [0.2, 0.25) is 0 Å². The Labute approximate surface area is 88.2 Å². The fraction of sp³-hybridized carbons (Fsp3) is 0.333. The minimum atomic E-state index is 0.0891. The van der Waals surface area contributed by atoms with Crippen molar-refractivity contribution in [1.29, 1.82) is 0 Å². The maximum absolute atomic E-state index is 12.0. The molecule has 0 aliphatic carbocycles. The SMILES string of the molecule is Cc1cc(C)c2c(=O)c(C)c(C)[nH]c2n1. The van der Waals surface area contributed by atoms with E-state index in [0.717, 1.165) is 22.5 Å². The number of rotatable bonds is 0. The molecule has 0 aliphatic heterocycles. The predicted octanol–water partition coefficient (Wildman–Crippen LogP) is 2.16. The molecule has 0 atom stereocenters. The molecule has 0 saturated heterocycles. The third kappa shape index (κ3) is 1.44. The topological polar surface area (TPSA) is 45.8 Å². The minimum absolute atomic E-state index is 0.0891. The molecule has 15 heavy (non-hydrogen) atoms. The highest BCUT2D eigenvalue weighted by Gasteiger charge is 2.08. The van der Waals surface area contributed by atoms with E-state index in [1.165, 1.54) is 0 Å². The van der Waals surface area contributed by atoms with Crippen LogP contribution in [-0.2, 0) is 0 Å². The zero-order valence-corrected chi connectivity index (χ0v) is 9.43. The highest BCUT2D eigenvalue weighted by Crippen LogP contribution is 2.14. The molecular weight excluding hydrogens is 188 g/mol. The molecule has 3 nitrogen and oxygen atoms in total. The molecule has 0 unspecified atom stereocenters. The van der Waals surface area contributed by atoms with Crippen LogP contribution in [0.4, 0.5) is 0 Å². The van der Waals surface area contributed by atoms with Gasteiger partial charge in [-0.05, 0) is 39.3 Å². The monoisotopic (exact) mass is 202 g/mol. The van der Waals surface area contributed by atoms with Gasteiger partial charge in [-0.1, -0.05) is 0 Å². The molecule has 0 bridgehead atoms. The summed E-state index contributed by atoms with van der Waals surface area (Å²) < 4.78 is 0. The number of pyridine rings is 2. The number of aromatic nitrogens is 2. The van der Waals surface area contributed by atoms with Gasteiger partial charge >= 0.3 is 0 Å². The lowest BCUT2D eigenvalue weighted by Crippen LogP contribution is -2.12. The third-order valence-electron chi connectivity index (χ3n) is 2.78. The second-order valence-corrected chi connectivity index (χ2v) is 4.01. The van der Waals surface area contributed by atoms with E-state index < -0.39 is 0 Å². The zero-order valence-electron chi connectivity index (χ0n) is 9.43. The smallest absolute Gasteiger partial charge is 0.194 e. The lowest BCUT2D eigenvalue weighted by molar-refractivity contribution is 1.11. The lowest BCUT2D eigenvalue weighted by Gasteiger charge is -2.06. The van der Waals surface area contributed by atoms with Crippen LogP contribution in [0.25, 0.3) is 11.0 Å². The molecule has 1 N–H and O–H groups in total. The van der Waals surface area contributed by atoms with E-state index in [-0.39, 0.29) is 5.43 Å². The van der Waals surface area contributed by atoms with Crippen LogP contribution in [0.1, 0.15) is 22.5 Å². The number of H-pyrrole nitrogens is 1. The van der Waals surface area contributed by atoms with Crippen LogP contribution in [0.5, 0.6) is 0 Å². The molecule has 2 heterocycles. The highest BCUT2D eigenvalue weighted by molar-refractivity contribution is 5.79. The summed E-state index contributed by atoms with van der Waals surface area (Å²) in [6, 6.07) is 1.94. The molecule has 2 rings (SSSR count). The Morgan fingerprint density at radius 2 is 1.87 bits per heavy atom. The molecule has 0 amide bonds. The van der Waals surface area contributed by atoms with Crippen molar-refractivity contribution in [3.63, 3.8) is 0 Å². The average molecular weight is 202 g/mol. The fourth-order valence-corrected chi connectivity index (χ4v) is 1.84. The van der Waals surface area contributed by atoms with E-state index in [9.17, 15) is 4.79 Å². The Morgan fingerprint density at radius 1 is 1.20 bits per heavy atom. The van der Waals surface area contributed by atoms with Gasteiger partial charge in [0.2, 0.25) is 0 Å². The van der Waals surface area contributed by atoms with Crippen molar-refractivity contribution >= 4 is 11.0 Å². The Hall–Kier alpha value is -1.64. The van der Waals surface area contributed by atoms with Crippen molar-refractivity contribution in [3.05, 3.63) is 38.8 Å². The molecule has 2 aromatic rings. The van der Waals surface area contributed by atoms with Crippen molar-refractivity contribution in [2.24, 2.45) is 0 Å². The molecule has 0 aromatic carbocycles. The van der Waals surface area contributed by atoms with Crippen LogP contribution >= 0.6 is 0 Å². The Kier molecular flexibility index (Phi) is 2.11. The number of nitrogens with one attached hydrogen (secondary N) is 1. The summed E-state index contributed by atoms with van der Waals surface area (Å²) in [5.41, 5.74) is 4.37. The average Bonchev–Trinajstić information content (AvgIpc) is 2.13. The van der Waals surface area contributed by atoms with E-state index >= 15 is 0 Å². The van der Waals surface area contributed by atoms with E-state index in [1.807, 2.05) is 33.8 Å². The summed E-state index contributed by atoms with van der Waals surface area (Å²) in [4.78, 5) is 19.5. The highest BCUT2D eigenvalue weighted by atomic mass is 16.1. The van der Waals surface area contributed by atoms with Crippen LogP contribution in [0.15, 0.2) is 10.9 Å². The van der Waals surface area contributed by atoms with Crippen molar-refractivity contribution < 1.29 is 0 Å². The van der Waals surface area contributed by atoms with Crippen molar-refractivity contribution in [3.8, 4) is 0 Å². The Balaban J connectivity index is 3.06. The van der Waals surface area contributed by atoms with Gasteiger partial charge in [-0.2, -0.15) is 0 Å². The van der Waals surface area contributed by atoms with Gasteiger partial charge < -0.3 is 4.98 Å². The predicted molar refractivity (Wildman–Crippen MR) is 61.3 cm³/mol. The van der Waals surface area contributed by atoms with Gasteiger partial charge in [0.1, 0.15) is 5.65 Å². The standard InChI is InChI=1S/C12H14N2O/c1-6-5-7(2)13-12-10(6)11(15)8(3)9(4)14-12/h5H,1-4H3,(H,13,14,15). The van der Waals surface area contributed by atoms with Gasteiger partial charge in [0.05, 0.1) is 5.39 Å². The van der Waals surface area contributed by atoms with Gasteiger partial charge in [0.25, 0.3) is 0 Å². The zero-order chi connectivity index (χ0) is 11.2. The molecule has 78 valence electrons. The first-order valence-electron chi connectivity index (χ1n) is 4.98. The number of hydrogen-bond acceptors (Lipinski definition) is 2. The summed E-state index contributed by atoms with van der Waals surface area (Å²) in [5.74, 6) is 0. The normalized spacial score (nSPS) is 10.9. The van der Waals surface area contributed by atoms with Crippen molar-refractivity contribution in [2.45, 2.75) is 27.7 Å². The second-order valence-electron chi connectivity index (χ2n) is 4.01. The minimum Gasteiger partial charge on any atom is -0.343 e. The molecule has 0 saturated carbocycles. The van der Waals surface area contributed by atoms with Gasteiger partial charge in [0, 0.05) is 17.0 Å². The molecular formula is C12H14N2O. The maximum Gasteiger partial charge on any atom is 0.194 e. The molecule has 2 aromatic heterocycles. The summed E-state index contributed by atoms with van der Waals surface area (Å²) in [7, 11) is 0. The van der Waals surface area contributed by atoms with Crippen LogP contribution in [-0.4, -0.2) is 9.97 Å². The maximum atomic E-state index is 12.0. The first kappa shape index (κ1) is 9.90. The van der Waals surface area contributed by atoms with E-state index in [0.29, 0.717) is 11.0 Å². The number of fused-ring (bicyclic) bond motifs is 1. The lowest BCUT2D eigenvalue weighted by atomic mass is 10.1. The largest absolute Gasteiger partial charge is 0.343 e. The first-order valence-corrected chi connectivity index (χ1v) is 4.98. The van der Waals surface area contributed by atoms with Gasteiger partial charge in [-0.15, -0.1) is 0 Å². The van der Waals surface area contributed by atoms with E-state index in [2.05, 4.69) is 9.97 Å². The van der Waals surface area contributed by atoms with E-state index in [4.69, 9.17) is 0 Å². The molecule has 0 aliphatic rings. The quantitative estimate of drug-likeness (QED) is 0.711. The second kappa shape index (κ2) is 3.19. The Morgan fingerprint density at radius 3 is 2.53 bits per heavy atom. The molecule has 3 heteroatoms. The van der Waals surface area contributed by atoms with Gasteiger partial charge in [-0.3, -0.25) is 4.79 Å². The van der Waals surface area contributed by atoms with Crippen molar-refractivity contribution in [2.75, 3.05) is 0 Å². The molecule has 0 radical (unpaired) electrons. The summed E-state index contributed by atoms with van der Waals surface area (Å²) in [6.07, 6.45) is 0. The Bertz CT molecular complexity index is 597. The van der Waals surface area contributed by atoms with Crippen LogP contribution in [0.3, 0.4) is 0 Å². The van der Waals surface area contributed by atoms with Gasteiger partial charge in [-0.25, -0.2) is 4.98 Å². The molecule has 0 fully saturated rings. The fourth-order valence-electron chi connectivity index (χ4n) is 1.84. The van der Waals surface area contributed by atoms with Crippen LogP contribution < -0.4 is 5.43 Å². The summed E-state index contributed by atoms with van der Waals surface area (Å²) >= 11 is 0.